The van der Waals surface area contributed by atoms with Gasteiger partial charge in [0, 0.05) is 36.6 Å². The van der Waals surface area contributed by atoms with Crippen LogP contribution in [0.5, 0.6) is 0 Å². The summed E-state index contributed by atoms with van der Waals surface area (Å²) in [4.78, 5) is 2.09. The summed E-state index contributed by atoms with van der Waals surface area (Å²) < 4.78 is 30.9. The smallest absolute Gasteiger partial charge is 0.270 e. The van der Waals surface area contributed by atoms with E-state index in [9.17, 15) is 8.78 Å². The zero-order valence-electron chi connectivity index (χ0n) is 11.0. The van der Waals surface area contributed by atoms with Crippen molar-refractivity contribution in [3.05, 3.63) is 53.7 Å². The van der Waals surface area contributed by atoms with E-state index in [1.807, 2.05) is 18.4 Å². The predicted octanol–water partition coefficient (Wildman–Crippen LogP) is 4.07. The normalized spacial score (nSPS) is 18.4. The van der Waals surface area contributed by atoms with E-state index in [1.165, 1.54) is 24.1 Å². The Morgan fingerprint density at radius 2 is 2.00 bits per heavy atom. The van der Waals surface area contributed by atoms with Crippen molar-refractivity contribution in [2.45, 2.75) is 12.8 Å². The average molecular weight is 292 g/mol. The molecule has 5 heteroatoms. The van der Waals surface area contributed by atoms with Gasteiger partial charge in [-0.25, -0.2) is 8.78 Å². The Labute approximate surface area is 121 Å². The number of allylic oxidation sites excluding steroid dienone is 2. The third-order valence-corrected chi connectivity index (χ3v) is 3.99. The lowest BCUT2D eigenvalue weighted by Gasteiger charge is -2.29. The van der Waals surface area contributed by atoms with Gasteiger partial charge >= 0.3 is 0 Å². The summed E-state index contributed by atoms with van der Waals surface area (Å²) in [6, 6.07) is 6.43. The largest absolute Gasteiger partial charge is 0.331 e. The molecule has 104 valence electrons. The molecule has 0 amide bonds. The molecule has 0 spiro atoms. The van der Waals surface area contributed by atoms with Gasteiger partial charge in [0.15, 0.2) is 0 Å². The maximum Gasteiger partial charge on any atom is 0.270 e. The van der Waals surface area contributed by atoms with Crippen molar-refractivity contribution in [3.8, 4) is 0 Å². The first-order chi connectivity index (χ1) is 9.55. The highest BCUT2D eigenvalue weighted by molar-refractivity contribution is 7.98. The first-order valence-corrected chi connectivity index (χ1v) is 7.34. The van der Waals surface area contributed by atoms with E-state index in [1.54, 1.807) is 12.1 Å². The number of hydrogen-bond donors (Lipinski definition) is 0. The van der Waals surface area contributed by atoms with Crippen molar-refractivity contribution < 1.29 is 8.78 Å². The van der Waals surface area contributed by atoms with Crippen LogP contribution in [0, 0.1) is 0 Å². The maximum absolute atomic E-state index is 13.2. The van der Waals surface area contributed by atoms with Gasteiger partial charge in [-0.05, 0) is 29.7 Å². The number of amidine groups is 1. The summed E-state index contributed by atoms with van der Waals surface area (Å²) in [7, 11) is 0. The predicted molar refractivity (Wildman–Crippen MR) is 79.7 cm³/mol. The molecule has 0 radical (unpaired) electrons. The summed E-state index contributed by atoms with van der Waals surface area (Å²) in [6.07, 6.45) is 5.93. The summed E-state index contributed by atoms with van der Waals surface area (Å²) in [6.45, 7) is 1.83. The van der Waals surface area contributed by atoms with Crippen LogP contribution in [-0.2, 0) is 5.92 Å². The third kappa shape index (κ3) is 2.50. The molecule has 0 unspecified atom stereocenters. The van der Waals surface area contributed by atoms with Crippen molar-refractivity contribution in [2.75, 3.05) is 12.3 Å². The summed E-state index contributed by atoms with van der Waals surface area (Å²) in [5, 5.41) is 0. The minimum atomic E-state index is -2.80. The molecule has 0 fully saturated rings. The molecule has 3 rings (SSSR count). The van der Waals surface area contributed by atoms with Crippen LogP contribution in [0.3, 0.4) is 0 Å². The molecule has 2 aliphatic rings. The summed E-state index contributed by atoms with van der Waals surface area (Å²) in [5.74, 6) is -0.939. The van der Waals surface area contributed by atoms with Gasteiger partial charge < -0.3 is 4.90 Å². The van der Waals surface area contributed by atoms with Crippen molar-refractivity contribution in [1.82, 2.24) is 4.90 Å². The minimum Gasteiger partial charge on any atom is -0.331 e. The second-order valence-corrected chi connectivity index (χ2v) is 5.68. The van der Waals surface area contributed by atoms with E-state index in [2.05, 4.69) is 9.30 Å². The molecule has 0 atom stereocenters. The molecular weight excluding hydrogens is 278 g/mol. The third-order valence-electron chi connectivity index (χ3n) is 3.32. The molecule has 0 saturated heterocycles. The van der Waals surface area contributed by atoms with Crippen LogP contribution in [0.15, 0.2) is 47.0 Å². The molecular formula is C15H14F2N2S. The molecule has 0 N–H and O–H groups in total. The molecule has 2 aliphatic heterocycles. The number of alkyl halides is 2. The van der Waals surface area contributed by atoms with E-state index in [0.29, 0.717) is 0 Å². The van der Waals surface area contributed by atoms with Crippen LogP contribution in [-0.4, -0.2) is 23.0 Å². The number of halogens is 2. The SMILES string of the molecule is CC(F)(F)c1ccc(C2=CC=CN3CCSN=C23)cc1. The van der Waals surface area contributed by atoms with Crippen molar-refractivity contribution >= 4 is 23.4 Å². The number of hydrogen-bond acceptors (Lipinski definition) is 3. The van der Waals surface area contributed by atoms with E-state index in [4.69, 9.17) is 0 Å². The summed E-state index contributed by atoms with van der Waals surface area (Å²) >= 11 is 1.54. The lowest BCUT2D eigenvalue weighted by atomic mass is 9.99. The fourth-order valence-electron chi connectivity index (χ4n) is 2.24. The topological polar surface area (TPSA) is 15.6 Å². The molecule has 0 bridgehead atoms. The van der Waals surface area contributed by atoms with Crippen molar-refractivity contribution in [2.24, 2.45) is 4.40 Å². The molecule has 2 nitrogen and oxygen atoms in total. The minimum absolute atomic E-state index is 0.0324. The second-order valence-electron chi connectivity index (χ2n) is 4.83. The van der Waals surface area contributed by atoms with Gasteiger partial charge in [-0.15, -0.1) is 0 Å². The van der Waals surface area contributed by atoms with Gasteiger partial charge in [0.05, 0.1) is 0 Å². The average Bonchev–Trinajstić information content (AvgIpc) is 2.46. The lowest BCUT2D eigenvalue weighted by molar-refractivity contribution is 0.0175. The van der Waals surface area contributed by atoms with E-state index >= 15 is 0 Å². The van der Waals surface area contributed by atoms with E-state index in [-0.39, 0.29) is 5.56 Å². The van der Waals surface area contributed by atoms with Crippen LogP contribution in [0.25, 0.3) is 5.57 Å². The Balaban J connectivity index is 1.94. The van der Waals surface area contributed by atoms with Crippen LogP contribution in [0.1, 0.15) is 18.1 Å². The highest BCUT2D eigenvalue weighted by atomic mass is 32.2. The standard InChI is InChI=1S/C15H14F2N2S/c1-15(16,17)12-6-4-11(5-7-12)13-3-2-8-19-9-10-20-18-14(13)19/h2-8H,9-10H2,1H3. The van der Waals surface area contributed by atoms with E-state index < -0.39 is 5.92 Å². The zero-order chi connectivity index (χ0) is 14.2. The number of nitrogens with zero attached hydrogens (tertiary/aromatic N) is 2. The molecule has 0 aromatic heterocycles. The first-order valence-electron chi connectivity index (χ1n) is 6.40. The highest BCUT2D eigenvalue weighted by Crippen LogP contribution is 2.30. The van der Waals surface area contributed by atoms with E-state index in [0.717, 1.165) is 36.2 Å². The van der Waals surface area contributed by atoms with Crippen molar-refractivity contribution in [3.63, 3.8) is 0 Å². The van der Waals surface area contributed by atoms with Gasteiger partial charge in [0.25, 0.3) is 5.92 Å². The Bertz CT molecular complexity index is 597. The summed E-state index contributed by atoms with van der Waals surface area (Å²) in [5.41, 5.74) is 1.92. The Hall–Kier alpha value is -1.62. The Morgan fingerprint density at radius 1 is 1.25 bits per heavy atom. The fraction of sp³-hybridized carbons (Fsp3) is 0.267. The molecule has 2 heterocycles. The highest BCUT2D eigenvalue weighted by Gasteiger charge is 2.25. The van der Waals surface area contributed by atoms with Gasteiger partial charge in [-0.3, -0.25) is 0 Å². The number of fused-ring (bicyclic) bond motifs is 1. The van der Waals surface area contributed by atoms with Gasteiger partial charge in [0.1, 0.15) is 5.84 Å². The van der Waals surface area contributed by atoms with Crippen LogP contribution < -0.4 is 0 Å². The fourth-order valence-corrected chi connectivity index (χ4v) is 2.93. The second kappa shape index (κ2) is 5.05. The van der Waals surface area contributed by atoms with Crippen LogP contribution >= 0.6 is 11.9 Å². The number of benzene rings is 1. The van der Waals surface area contributed by atoms with Crippen molar-refractivity contribution in [1.29, 1.82) is 0 Å². The maximum atomic E-state index is 13.2. The quantitative estimate of drug-likeness (QED) is 0.764. The molecule has 0 saturated carbocycles. The molecule has 1 aromatic carbocycles. The Morgan fingerprint density at radius 3 is 2.70 bits per heavy atom. The monoisotopic (exact) mass is 292 g/mol. The Kier molecular flexibility index (Phi) is 3.38. The zero-order valence-corrected chi connectivity index (χ0v) is 11.8. The number of rotatable bonds is 2. The van der Waals surface area contributed by atoms with Crippen LogP contribution in [0.2, 0.25) is 0 Å². The molecule has 1 aromatic rings. The van der Waals surface area contributed by atoms with Gasteiger partial charge in [0.2, 0.25) is 0 Å². The van der Waals surface area contributed by atoms with Gasteiger partial charge in [-0.1, -0.05) is 24.3 Å². The van der Waals surface area contributed by atoms with Crippen LogP contribution in [0.4, 0.5) is 8.78 Å². The molecule has 20 heavy (non-hydrogen) atoms. The first kappa shape index (κ1) is 13.4. The molecule has 0 aliphatic carbocycles. The lowest BCUT2D eigenvalue weighted by Crippen LogP contribution is -2.32. The van der Waals surface area contributed by atoms with Gasteiger partial charge in [-0.2, -0.15) is 4.40 Å².